The fourth-order valence-corrected chi connectivity index (χ4v) is 11.2. The maximum Gasteiger partial charge on any atom is 0.270 e. The number of nitrogens with zero attached hydrogens (tertiary/aromatic N) is 4. The van der Waals surface area contributed by atoms with Crippen molar-refractivity contribution in [2.24, 2.45) is 5.73 Å². The molecule has 76 heavy (non-hydrogen) atoms. The summed E-state index contributed by atoms with van der Waals surface area (Å²) in [5, 5.41) is 19.9. The highest BCUT2D eigenvalue weighted by Crippen LogP contribution is 2.48. The Hall–Kier alpha value is -6.65. The standard InChI is InChI=1S/C55H70N8O11S2/c1-37-30-38(32-39(31-37)63(68)69)36-62-46-26-24-41(76(72,73)74)34-43(46)55(4,5)49(62)21-12-9-7-8-11-20-48-54(2,3)42-33-40(75(70)71)23-25-45(42)61(48)29-16-10-13-22-50(64)57-27-15-14-18-44(52(56)66)59-51(65)35-58-53(67)47-19-17-28-60(47)6/h7-9,11-12,20-21,23-26,30-34,44,47H,10,13-19,22,27-29,35-36H2,1-6H3,(H6-,56,57,58,59,64,65,66,67,70,71,72,73,74)/p-1. The smallest absolute Gasteiger partial charge is 0.270 e. The van der Waals surface area contributed by atoms with Gasteiger partial charge in [-0.1, -0.05) is 50.6 Å². The number of carbonyl (C=O) groups is 4. The van der Waals surface area contributed by atoms with Crippen molar-refractivity contribution in [3.63, 3.8) is 0 Å². The molecule has 0 aliphatic carbocycles. The van der Waals surface area contributed by atoms with E-state index in [2.05, 4.69) is 20.9 Å². The minimum Gasteiger partial charge on any atom is -0.768 e. The van der Waals surface area contributed by atoms with Gasteiger partial charge in [0.2, 0.25) is 29.3 Å². The Morgan fingerprint density at radius 2 is 1.64 bits per heavy atom. The lowest BCUT2D eigenvalue weighted by Crippen LogP contribution is -2.50. The number of nitrogens with two attached hydrogens (primary N) is 1. The summed E-state index contributed by atoms with van der Waals surface area (Å²) in [5.41, 5.74) is 10.4. The largest absolute Gasteiger partial charge is 0.768 e. The summed E-state index contributed by atoms with van der Waals surface area (Å²) in [7, 11) is -2.88. The number of nitro groups is 1. The van der Waals surface area contributed by atoms with E-state index >= 15 is 0 Å². The van der Waals surface area contributed by atoms with Gasteiger partial charge in [-0.05, 0) is 144 Å². The Morgan fingerprint density at radius 3 is 2.33 bits per heavy atom. The van der Waals surface area contributed by atoms with Crippen LogP contribution in [0.15, 0.2) is 113 Å². The van der Waals surface area contributed by atoms with Crippen LogP contribution >= 0.6 is 0 Å². The number of likely N-dealkylation sites (tertiary alicyclic amines) is 1. The van der Waals surface area contributed by atoms with Crippen LogP contribution in [0.25, 0.3) is 0 Å². The van der Waals surface area contributed by atoms with Crippen molar-refractivity contribution in [3.05, 3.63) is 135 Å². The van der Waals surface area contributed by atoms with E-state index in [1.165, 1.54) is 24.3 Å². The molecule has 3 aliphatic rings. The van der Waals surface area contributed by atoms with Gasteiger partial charge in [0.15, 0.2) is 12.3 Å². The van der Waals surface area contributed by atoms with Gasteiger partial charge in [-0.15, -0.1) is 0 Å². The second kappa shape index (κ2) is 25.5. The summed E-state index contributed by atoms with van der Waals surface area (Å²) in [6, 6.07) is 13.1. The molecule has 21 heteroatoms. The summed E-state index contributed by atoms with van der Waals surface area (Å²) in [6.07, 6.45) is 18.7. The number of anilines is 1. The average molecular weight is 1080 g/mol. The van der Waals surface area contributed by atoms with E-state index < -0.39 is 54.8 Å². The fourth-order valence-electron chi connectivity index (χ4n) is 10.3. The number of benzene rings is 3. The van der Waals surface area contributed by atoms with Crippen LogP contribution in [0.2, 0.25) is 0 Å². The van der Waals surface area contributed by atoms with Gasteiger partial charge in [-0.3, -0.25) is 38.4 Å². The molecular weight excluding hydrogens is 1010 g/mol. The molecule has 408 valence electrons. The third-order valence-corrected chi connectivity index (χ3v) is 15.8. The molecule has 5 N–H and O–H groups in total. The maximum atomic E-state index is 12.7. The molecule has 0 radical (unpaired) electrons. The van der Waals surface area contributed by atoms with E-state index in [4.69, 9.17) is 5.73 Å². The monoisotopic (exact) mass is 1080 g/mol. The first-order valence-corrected chi connectivity index (χ1v) is 28.0. The summed E-state index contributed by atoms with van der Waals surface area (Å²) in [4.78, 5) is 64.9. The van der Waals surface area contributed by atoms with Crippen LogP contribution in [-0.2, 0) is 57.8 Å². The van der Waals surface area contributed by atoms with Crippen LogP contribution in [0, 0.1) is 17.0 Å². The summed E-state index contributed by atoms with van der Waals surface area (Å²) in [6.45, 7) is 11.5. The van der Waals surface area contributed by atoms with Crippen LogP contribution in [0.1, 0.15) is 108 Å². The number of likely N-dealkylation sites (N-methyl/N-ethyl adjacent to an activating group) is 1. The van der Waals surface area contributed by atoms with E-state index in [1.807, 2.05) is 98.9 Å². The Labute approximate surface area is 447 Å². The third kappa shape index (κ3) is 14.6. The first-order chi connectivity index (χ1) is 35.9. The molecule has 1 fully saturated rings. The number of fused-ring (bicyclic) bond motifs is 2. The van der Waals surface area contributed by atoms with E-state index in [0.717, 1.165) is 54.9 Å². The first kappa shape index (κ1) is 58.6. The van der Waals surface area contributed by atoms with E-state index in [9.17, 15) is 51.0 Å². The van der Waals surface area contributed by atoms with Crippen molar-refractivity contribution in [2.75, 3.05) is 38.1 Å². The number of amides is 4. The third-order valence-electron chi connectivity index (χ3n) is 14.3. The zero-order valence-corrected chi connectivity index (χ0v) is 45.6. The summed E-state index contributed by atoms with van der Waals surface area (Å²) < 4.78 is 62.2. The van der Waals surface area contributed by atoms with Gasteiger partial charge < -0.3 is 35.7 Å². The normalized spacial score (nSPS) is 18.4. The Morgan fingerprint density at radius 1 is 0.908 bits per heavy atom. The second-order valence-corrected chi connectivity index (χ2v) is 22.9. The van der Waals surface area contributed by atoms with Gasteiger partial charge in [0.25, 0.3) is 5.69 Å². The Kier molecular flexibility index (Phi) is 19.6. The molecule has 3 atom stereocenters. The number of hydrogen-bond acceptors (Lipinski definition) is 13. The number of primary amides is 1. The molecule has 1 saturated heterocycles. The molecule has 3 heterocycles. The number of hydrogen-bond donors (Lipinski definition) is 4. The summed E-state index contributed by atoms with van der Waals surface area (Å²) >= 11 is -2.42. The molecule has 3 unspecified atom stereocenters. The number of aryl methyl sites for hydroxylation is 1. The Bertz CT molecular complexity index is 3020. The number of carbonyl (C=O) groups excluding carboxylic acids is 4. The zero-order chi connectivity index (χ0) is 55.5. The van der Waals surface area contributed by atoms with Crippen molar-refractivity contribution < 1.29 is 50.4 Å². The predicted octanol–water partition coefficient (Wildman–Crippen LogP) is 6.00. The van der Waals surface area contributed by atoms with Crippen LogP contribution in [-0.4, -0.2) is 111 Å². The minimum absolute atomic E-state index is 0.0445. The molecule has 4 amide bonds. The lowest BCUT2D eigenvalue weighted by atomic mass is 9.81. The van der Waals surface area contributed by atoms with Crippen LogP contribution < -0.4 is 26.6 Å². The van der Waals surface area contributed by atoms with Crippen LogP contribution in [0.5, 0.6) is 0 Å². The minimum atomic E-state index is -4.74. The molecule has 0 saturated carbocycles. The van der Waals surface area contributed by atoms with Gasteiger partial charge in [0, 0.05) is 76.6 Å². The first-order valence-electron chi connectivity index (χ1n) is 25.5. The molecule has 3 aliphatic heterocycles. The number of unbranched alkanes of at least 4 members (excludes halogenated alkanes) is 3. The molecule has 0 aromatic heterocycles. The average Bonchev–Trinajstić information content (AvgIpc) is 3.95. The van der Waals surface area contributed by atoms with Crippen molar-refractivity contribution in [3.8, 4) is 0 Å². The topological polar surface area (TPSA) is 280 Å². The van der Waals surface area contributed by atoms with Crippen LogP contribution in [0.3, 0.4) is 0 Å². The maximum absolute atomic E-state index is 12.7. The Balaban J connectivity index is 1.04. The van der Waals surface area contributed by atoms with Gasteiger partial charge in [-0.2, -0.15) is 4.58 Å². The lowest BCUT2D eigenvalue weighted by molar-refractivity contribution is -0.455. The van der Waals surface area contributed by atoms with E-state index in [1.54, 1.807) is 25.1 Å². The van der Waals surface area contributed by atoms with Gasteiger partial charge in [0.05, 0.1) is 27.8 Å². The molecule has 19 nitrogen and oxygen atoms in total. The highest BCUT2D eigenvalue weighted by Gasteiger charge is 2.45. The van der Waals surface area contributed by atoms with Gasteiger partial charge in [0.1, 0.15) is 16.2 Å². The fraction of sp³-hybridized carbons (Fsp3) is 0.436. The molecule has 0 spiro atoms. The van der Waals surface area contributed by atoms with Crippen molar-refractivity contribution in [1.82, 2.24) is 20.9 Å². The number of rotatable bonds is 25. The van der Waals surface area contributed by atoms with Crippen molar-refractivity contribution in [2.45, 2.75) is 132 Å². The zero-order valence-electron chi connectivity index (χ0n) is 44.0. The number of nitro benzene ring substituents is 1. The summed E-state index contributed by atoms with van der Waals surface area (Å²) in [5.74, 6) is -1.50. The molecule has 0 bridgehead atoms. The van der Waals surface area contributed by atoms with E-state index in [-0.39, 0.29) is 52.8 Å². The SMILES string of the molecule is Cc1cc(C[N+]2=C(/C=C/C=C/C=C/C=C3/N(CCCCCC(=O)NCCCCC(NC(=O)CNC(=O)C4CCCN4C)C(N)=O)c4ccc(S(=O)[O-])cc4C3(C)C)C(C)(C)c3cc(S(=O)(=O)[O-])ccc32)cc([N+](=O)[O-])c1. The van der Waals surface area contributed by atoms with E-state index in [0.29, 0.717) is 61.2 Å². The number of nitrogens with one attached hydrogen (secondary N) is 3. The lowest BCUT2D eigenvalue weighted by Gasteiger charge is -2.27. The quantitative estimate of drug-likeness (QED) is 0.0144. The molecule has 3 aromatic rings. The molecule has 3 aromatic carbocycles. The highest BCUT2D eigenvalue weighted by molar-refractivity contribution is 7.85. The van der Waals surface area contributed by atoms with Crippen molar-refractivity contribution >= 4 is 67.6 Å². The number of allylic oxidation sites excluding steroid dienone is 8. The number of non-ortho nitro benzene ring substituents is 1. The van der Waals surface area contributed by atoms with Crippen molar-refractivity contribution in [1.29, 1.82) is 0 Å². The van der Waals surface area contributed by atoms with Gasteiger partial charge >= 0.3 is 0 Å². The molecule has 6 rings (SSSR count). The van der Waals surface area contributed by atoms with Crippen LogP contribution in [0.4, 0.5) is 17.1 Å². The second-order valence-electron chi connectivity index (χ2n) is 20.6. The molecular formula is C55H69N8O11S2-. The highest BCUT2D eigenvalue weighted by atomic mass is 32.2. The predicted molar refractivity (Wildman–Crippen MR) is 289 cm³/mol. The van der Waals surface area contributed by atoms with Gasteiger partial charge in [-0.25, -0.2) is 8.42 Å².